The summed E-state index contributed by atoms with van der Waals surface area (Å²) in [5.74, 6) is 0.352. The first-order chi connectivity index (χ1) is 10.2. The Balaban J connectivity index is 0.00000176. The number of nitrogens with two attached hydrogens (primary N) is 1. The number of halogens is 1. The molecular formula is C15H20ClN5O. The van der Waals surface area contributed by atoms with Crippen LogP contribution in [0.3, 0.4) is 0 Å². The lowest BCUT2D eigenvalue weighted by atomic mass is 10.00. The van der Waals surface area contributed by atoms with Crippen LogP contribution in [-0.2, 0) is 4.79 Å². The van der Waals surface area contributed by atoms with E-state index in [4.69, 9.17) is 5.73 Å². The summed E-state index contributed by atoms with van der Waals surface area (Å²) in [5, 5.41) is 10.6. The Morgan fingerprint density at radius 3 is 2.68 bits per heavy atom. The van der Waals surface area contributed by atoms with Crippen LogP contribution in [0.4, 0.5) is 5.69 Å². The van der Waals surface area contributed by atoms with E-state index in [2.05, 4.69) is 15.6 Å². The Bertz CT molecular complexity index is 599. The van der Waals surface area contributed by atoms with Gasteiger partial charge in [0, 0.05) is 18.2 Å². The Kier molecular flexibility index (Phi) is 5.51. The summed E-state index contributed by atoms with van der Waals surface area (Å²) in [6.45, 7) is 0. The van der Waals surface area contributed by atoms with Gasteiger partial charge in [-0.3, -0.25) is 4.79 Å². The van der Waals surface area contributed by atoms with Crippen molar-refractivity contribution in [2.24, 2.45) is 11.7 Å². The molecule has 0 saturated heterocycles. The molecule has 1 heterocycles. The zero-order valence-electron chi connectivity index (χ0n) is 12.2. The van der Waals surface area contributed by atoms with Crippen molar-refractivity contribution in [3.63, 3.8) is 0 Å². The molecule has 7 heteroatoms. The van der Waals surface area contributed by atoms with Crippen LogP contribution < -0.4 is 11.1 Å². The second-order valence-electron chi connectivity index (χ2n) is 5.50. The van der Waals surface area contributed by atoms with E-state index in [9.17, 15) is 4.79 Å². The van der Waals surface area contributed by atoms with Gasteiger partial charge in [-0.05, 0) is 43.0 Å². The lowest BCUT2D eigenvalue weighted by molar-refractivity contribution is -0.117. The van der Waals surface area contributed by atoms with E-state index >= 15 is 0 Å². The maximum Gasteiger partial charge on any atom is 0.224 e. The molecule has 0 bridgehead atoms. The molecule has 1 saturated carbocycles. The standard InChI is InChI=1S/C15H19N5O.ClH/c16-14-3-1-2-11(14)10-15(21)18-12-4-6-13(7-5-12)20-9-8-17-19-20;/h4-9,11,14H,1-3,10,16H2,(H,18,21);1H/t11-,14+;/m0./s1. The number of amides is 1. The zero-order valence-corrected chi connectivity index (χ0v) is 13.0. The number of hydrogen-bond acceptors (Lipinski definition) is 4. The molecule has 1 aliphatic rings. The van der Waals surface area contributed by atoms with Gasteiger partial charge in [-0.2, -0.15) is 0 Å². The largest absolute Gasteiger partial charge is 0.327 e. The summed E-state index contributed by atoms with van der Waals surface area (Å²) in [7, 11) is 0. The van der Waals surface area contributed by atoms with Gasteiger partial charge in [-0.25, -0.2) is 4.68 Å². The number of carbonyl (C=O) groups is 1. The number of hydrogen-bond donors (Lipinski definition) is 2. The van der Waals surface area contributed by atoms with Crippen molar-refractivity contribution in [2.45, 2.75) is 31.7 Å². The van der Waals surface area contributed by atoms with Gasteiger partial charge in [0.05, 0.1) is 18.1 Å². The third-order valence-electron chi connectivity index (χ3n) is 4.00. The molecule has 118 valence electrons. The van der Waals surface area contributed by atoms with Gasteiger partial charge >= 0.3 is 0 Å². The topological polar surface area (TPSA) is 85.8 Å². The van der Waals surface area contributed by atoms with E-state index in [1.807, 2.05) is 24.3 Å². The van der Waals surface area contributed by atoms with E-state index in [1.165, 1.54) is 0 Å². The predicted octanol–water partition coefficient (Wildman–Crippen LogP) is 2.15. The summed E-state index contributed by atoms with van der Waals surface area (Å²) in [6.07, 6.45) is 7.12. The third kappa shape index (κ3) is 3.84. The average molecular weight is 322 g/mol. The van der Waals surface area contributed by atoms with Crippen molar-refractivity contribution in [3.05, 3.63) is 36.7 Å². The maximum absolute atomic E-state index is 12.0. The molecular weight excluding hydrogens is 302 g/mol. The molecule has 0 spiro atoms. The van der Waals surface area contributed by atoms with Gasteiger partial charge in [0.15, 0.2) is 0 Å². The fraction of sp³-hybridized carbons (Fsp3) is 0.400. The minimum absolute atomic E-state index is 0. The highest BCUT2D eigenvalue weighted by Crippen LogP contribution is 2.27. The van der Waals surface area contributed by atoms with E-state index in [0.717, 1.165) is 30.6 Å². The van der Waals surface area contributed by atoms with Crippen molar-refractivity contribution in [3.8, 4) is 5.69 Å². The smallest absolute Gasteiger partial charge is 0.224 e. The second-order valence-corrected chi connectivity index (χ2v) is 5.50. The molecule has 1 aliphatic carbocycles. The molecule has 3 N–H and O–H groups in total. The van der Waals surface area contributed by atoms with E-state index in [0.29, 0.717) is 12.3 Å². The fourth-order valence-electron chi connectivity index (χ4n) is 2.81. The summed E-state index contributed by atoms with van der Waals surface area (Å²) in [6, 6.07) is 7.69. The molecule has 3 rings (SSSR count). The molecule has 6 nitrogen and oxygen atoms in total. The normalized spacial score (nSPS) is 20.4. The van der Waals surface area contributed by atoms with E-state index in [1.54, 1.807) is 17.1 Å². The zero-order chi connectivity index (χ0) is 14.7. The SMILES string of the molecule is Cl.N[C@@H]1CCC[C@H]1CC(=O)Nc1ccc(-n2ccnn2)cc1. The number of aromatic nitrogens is 3. The van der Waals surface area contributed by atoms with Crippen LogP contribution in [0, 0.1) is 5.92 Å². The quantitative estimate of drug-likeness (QED) is 0.903. The third-order valence-corrected chi connectivity index (χ3v) is 4.00. The lowest BCUT2D eigenvalue weighted by Gasteiger charge is -2.14. The van der Waals surface area contributed by atoms with Crippen LogP contribution in [0.1, 0.15) is 25.7 Å². The highest BCUT2D eigenvalue weighted by Gasteiger charge is 2.25. The van der Waals surface area contributed by atoms with Crippen molar-refractivity contribution in [1.82, 2.24) is 15.0 Å². The highest BCUT2D eigenvalue weighted by molar-refractivity contribution is 5.91. The minimum atomic E-state index is 0. The van der Waals surface area contributed by atoms with Gasteiger partial charge in [-0.1, -0.05) is 11.6 Å². The molecule has 0 aliphatic heterocycles. The Morgan fingerprint density at radius 2 is 2.09 bits per heavy atom. The lowest BCUT2D eigenvalue weighted by Crippen LogP contribution is -2.28. The molecule has 22 heavy (non-hydrogen) atoms. The van der Waals surface area contributed by atoms with Crippen LogP contribution in [0.5, 0.6) is 0 Å². The molecule has 1 fully saturated rings. The number of rotatable bonds is 4. The predicted molar refractivity (Wildman–Crippen MR) is 87.2 cm³/mol. The maximum atomic E-state index is 12.0. The van der Waals surface area contributed by atoms with Gasteiger partial charge < -0.3 is 11.1 Å². The second kappa shape index (κ2) is 7.38. The Labute approximate surface area is 135 Å². The van der Waals surface area contributed by atoms with Gasteiger partial charge in [0.2, 0.25) is 5.91 Å². The average Bonchev–Trinajstić information content (AvgIpc) is 3.12. The van der Waals surface area contributed by atoms with Crippen LogP contribution in [-0.4, -0.2) is 26.9 Å². The van der Waals surface area contributed by atoms with Crippen LogP contribution in [0.25, 0.3) is 5.69 Å². The molecule has 0 radical (unpaired) electrons. The fourth-order valence-corrected chi connectivity index (χ4v) is 2.81. The van der Waals surface area contributed by atoms with Gasteiger partial charge in [-0.15, -0.1) is 17.5 Å². The number of nitrogens with one attached hydrogen (secondary N) is 1. The molecule has 1 aromatic carbocycles. The molecule has 1 amide bonds. The Morgan fingerprint density at radius 1 is 1.32 bits per heavy atom. The highest BCUT2D eigenvalue weighted by atomic mass is 35.5. The molecule has 1 aromatic heterocycles. The van der Waals surface area contributed by atoms with Crippen LogP contribution in [0.15, 0.2) is 36.7 Å². The monoisotopic (exact) mass is 321 g/mol. The number of carbonyl (C=O) groups excluding carboxylic acids is 1. The Hall–Kier alpha value is -1.92. The van der Waals surface area contributed by atoms with E-state index < -0.39 is 0 Å². The summed E-state index contributed by atoms with van der Waals surface area (Å²) in [5.41, 5.74) is 7.69. The van der Waals surface area contributed by atoms with Crippen LogP contribution >= 0.6 is 12.4 Å². The van der Waals surface area contributed by atoms with E-state index in [-0.39, 0.29) is 24.4 Å². The summed E-state index contributed by atoms with van der Waals surface area (Å²) < 4.78 is 1.67. The van der Waals surface area contributed by atoms with Crippen molar-refractivity contribution >= 4 is 24.0 Å². The van der Waals surface area contributed by atoms with Gasteiger partial charge in [0.25, 0.3) is 0 Å². The summed E-state index contributed by atoms with van der Waals surface area (Å²) >= 11 is 0. The molecule has 0 unspecified atom stereocenters. The van der Waals surface area contributed by atoms with Gasteiger partial charge in [0.1, 0.15) is 0 Å². The number of nitrogens with zero attached hydrogens (tertiary/aromatic N) is 3. The van der Waals surface area contributed by atoms with Crippen molar-refractivity contribution in [1.29, 1.82) is 0 Å². The van der Waals surface area contributed by atoms with Crippen molar-refractivity contribution in [2.75, 3.05) is 5.32 Å². The minimum Gasteiger partial charge on any atom is -0.327 e. The van der Waals surface area contributed by atoms with Crippen molar-refractivity contribution < 1.29 is 4.79 Å². The number of benzene rings is 1. The number of anilines is 1. The first-order valence-electron chi connectivity index (χ1n) is 7.24. The molecule has 2 aromatic rings. The first kappa shape index (κ1) is 16.5. The first-order valence-corrected chi connectivity index (χ1v) is 7.24. The van der Waals surface area contributed by atoms with Crippen LogP contribution in [0.2, 0.25) is 0 Å². The summed E-state index contributed by atoms with van der Waals surface area (Å²) in [4.78, 5) is 12.0. The molecule has 2 atom stereocenters.